The number of anilines is 1. The lowest BCUT2D eigenvalue weighted by atomic mass is 9.99. The Morgan fingerprint density at radius 1 is 1.41 bits per heavy atom. The molecule has 3 rings (SSSR count). The molecule has 0 aliphatic heterocycles. The quantitative estimate of drug-likeness (QED) is 0.867. The molecule has 0 radical (unpaired) electrons. The molecule has 1 aromatic rings. The molecule has 2 atom stereocenters. The Balaban J connectivity index is 1.55. The summed E-state index contributed by atoms with van der Waals surface area (Å²) < 4.78 is 0. The van der Waals surface area contributed by atoms with Crippen LogP contribution in [-0.4, -0.2) is 10.9 Å². The lowest BCUT2D eigenvalue weighted by molar-refractivity contribution is -0.117. The van der Waals surface area contributed by atoms with E-state index in [1.807, 2.05) is 13.0 Å². The van der Waals surface area contributed by atoms with Gasteiger partial charge >= 0.3 is 0 Å². The van der Waals surface area contributed by atoms with Crippen molar-refractivity contribution in [1.82, 2.24) is 4.98 Å². The Bertz CT molecular complexity index is 434. The molecule has 0 saturated heterocycles. The molecule has 2 aliphatic carbocycles. The monoisotopic (exact) mass is 230 g/mol. The van der Waals surface area contributed by atoms with Crippen molar-refractivity contribution in [3.63, 3.8) is 0 Å². The first-order chi connectivity index (χ1) is 8.22. The van der Waals surface area contributed by atoms with Crippen LogP contribution in [0.5, 0.6) is 0 Å². The van der Waals surface area contributed by atoms with Crippen LogP contribution in [0.15, 0.2) is 18.5 Å². The van der Waals surface area contributed by atoms with Gasteiger partial charge in [0.05, 0.1) is 11.9 Å². The van der Waals surface area contributed by atoms with Gasteiger partial charge < -0.3 is 5.32 Å². The van der Waals surface area contributed by atoms with E-state index in [0.29, 0.717) is 12.3 Å². The van der Waals surface area contributed by atoms with Gasteiger partial charge in [-0.3, -0.25) is 9.78 Å². The molecule has 2 fully saturated rings. The van der Waals surface area contributed by atoms with Crippen molar-refractivity contribution >= 4 is 11.6 Å². The van der Waals surface area contributed by atoms with Crippen molar-refractivity contribution in [2.75, 3.05) is 5.32 Å². The zero-order valence-electron chi connectivity index (χ0n) is 10.1. The van der Waals surface area contributed by atoms with Gasteiger partial charge in [0, 0.05) is 12.6 Å². The number of pyridine rings is 1. The van der Waals surface area contributed by atoms with E-state index in [9.17, 15) is 4.79 Å². The number of amides is 1. The Kier molecular flexibility index (Phi) is 2.61. The summed E-state index contributed by atoms with van der Waals surface area (Å²) >= 11 is 0. The number of hydrogen-bond acceptors (Lipinski definition) is 2. The third-order valence-electron chi connectivity index (χ3n) is 4.13. The maximum atomic E-state index is 11.9. The Hall–Kier alpha value is -1.38. The highest BCUT2D eigenvalue weighted by Gasteiger charge is 2.45. The summed E-state index contributed by atoms with van der Waals surface area (Å²) in [6.45, 7) is 1.99. The topological polar surface area (TPSA) is 42.0 Å². The molecule has 17 heavy (non-hydrogen) atoms. The van der Waals surface area contributed by atoms with E-state index in [1.165, 1.54) is 19.3 Å². The highest BCUT2D eigenvalue weighted by molar-refractivity contribution is 5.91. The van der Waals surface area contributed by atoms with E-state index in [-0.39, 0.29) is 5.91 Å². The van der Waals surface area contributed by atoms with Crippen LogP contribution >= 0.6 is 0 Å². The van der Waals surface area contributed by atoms with Crippen molar-refractivity contribution in [2.24, 2.45) is 17.8 Å². The number of fused-ring (bicyclic) bond motifs is 1. The molecule has 1 amide bonds. The van der Waals surface area contributed by atoms with Crippen molar-refractivity contribution in [2.45, 2.75) is 32.6 Å². The summed E-state index contributed by atoms with van der Waals surface area (Å²) in [5.41, 5.74) is 1.92. The molecule has 2 saturated carbocycles. The molecule has 2 unspecified atom stereocenters. The molecule has 0 spiro atoms. The largest absolute Gasteiger partial charge is 0.325 e. The summed E-state index contributed by atoms with van der Waals surface area (Å²) in [5, 5.41) is 2.97. The minimum atomic E-state index is 0.146. The van der Waals surface area contributed by atoms with Gasteiger partial charge in [-0.25, -0.2) is 0 Å². The third-order valence-corrected chi connectivity index (χ3v) is 4.13. The fourth-order valence-electron chi connectivity index (χ4n) is 3.07. The molecule has 1 N–H and O–H groups in total. The fraction of sp³-hybridized carbons (Fsp3) is 0.571. The number of nitrogens with zero attached hydrogens (tertiary/aromatic N) is 1. The molecule has 3 nitrogen and oxygen atoms in total. The summed E-state index contributed by atoms with van der Waals surface area (Å²) in [5.74, 6) is 2.67. The number of hydrogen-bond donors (Lipinski definition) is 1. The van der Waals surface area contributed by atoms with Gasteiger partial charge in [0.1, 0.15) is 0 Å². The molecule has 2 aliphatic rings. The van der Waals surface area contributed by atoms with Crippen molar-refractivity contribution in [1.29, 1.82) is 0 Å². The smallest absolute Gasteiger partial charge is 0.224 e. The van der Waals surface area contributed by atoms with Crippen LogP contribution in [0.25, 0.3) is 0 Å². The Morgan fingerprint density at radius 2 is 2.18 bits per heavy atom. The highest BCUT2D eigenvalue weighted by Crippen LogP contribution is 2.55. The van der Waals surface area contributed by atoms with Gasteiger partial charge in [0.15, 0.2) is 0 Å². The Morgan fingerprint density at radius 3 is 2.88 bits per heavy atom. The number of nitrogens with one attached hydrogen (secondary N) is 1. The minimum Gasteiger partial charge on any atom is -0.325 e. The standard InChI is InChI=1S/C14H18N2O/c1-9-2-3-15-8-13(9)16-14(17)6-10-4-11-7-12(11)5-10/h2-3,8,10-12H,4-7H2,1H3,(H,16,17). The Labute approximate surface area is 102 Å². The van der Waals surface area contributed by atoms with E-state index in [4.69, 9.17) is 0 Å². The summed E-state index contributed by atoms with van der Waals surface area (Å²) in [6, 6.07) is 1.92. The maximum Gasteiger partial charge on any atom is 0.224 e. The van der Waals surface area contributed by atoms with Crippen molar-refractivity contribution in [3.05, 3.63) is 24.0 Å². The van der Waals surface area contributed by atoms with Gasteiger partial charge in [0.2, 0.25) is 5.91 Å². The lowest BCUT2D eigenvalue weighted by Gasteiger charge is -2.12. The number of carbonyl (C=O) groups is 1. The van der Waals surface area contributed by atoms with Crippen LogP contribution in [0, 0.1) is 24.7 Å². The molecule has 0 aromatic carbocycles. The van der Waals surface area contributed by atoms with E-state index < -0.39 is 0 Å². The molecular formula is C14H18N2O. The van der Waals surface area contributed by atoms with Gasteiger partial charge in [-0.1, -0.05) is 0 Å². The number of carbonyl (C=O) groups excluding carboxylic acids is 1. The van der Waals surface area contributed by atoms with E-state index in [1.54, 1.807) is 12.4 Å². The average Bonchev–Trinajstić information content (AvgIpc) is 2.90. The van der Waals surface area contributed by atoms with Crippen LogP contribution in [0.1, 0.15) is 31.2 Å². The molecule has 90 valence electrons. The first-order valence-corrected chi connectivity index (χ1v) is 6.43. The summed E-state index contributed by atoms with van der Waals surface area (Å²) in [7, 11) is 0. The van der Waals surface area contributed by atoms with Crippen molar-refractivity contribution < 1.29 is 4.79 Å². The van der Waals surface area contributed by atoms with Gasteiger partial charge in [0.25, 0.3) is 0 Å². The highest BCUT2D eigenvalue weighted by atomic mass is 16.1. The molecule has 1 aromatic heterocycles. The van der Waals surface area contributed by atoms with E-state index in [0.717, 1.165) is 23.1 Å². The first-order valence-electron chi connectivity index (χ1n) is 6.43. The lowest BCUT2D eigenvalue weighted by Crippen LogP contribution is -2.16. The number of rotatable bonds is 3. The molecule has 1 heterocycles. The zero-order valence-corrected chi connectivity index (χ0v) is 10.1. The predicted octanol–water partition coefficient (Wildman–Crippen LogP) is 2.76. The van der Waals surface area contributed by atoms with E-state index >= 15 is 0 Å². The zero-order chi connectivity index (χ0) is 11.8. The fourth-order valence-corrected chi connectivity index (χ4v) is 3.07. The maximum absolute atomic E-state index is 11.9. The number of aryl methyl sites for hydroxylation is 1. The SMILES string of the molecule is Cc1ccncc1NC(=O)CC1CC2CC2C1. The predicted molar refractivity (Wildman–Crippen MR) is 66.5 cm³/mol. The van der Waals surface area contributed by atoms with Crippen LogP contribution in [0.3, 0.4) is 0 Å². The minimum absolute atomic E-state index is 0.146. The molecular weight excluding hydrogens is 212 g/mol. The average molecular weight is 230 g/mol. The molecule has 0 bridgehead atoms. The number of aromatic nitrogens is 1. The normalized spacial score (nSPS) is 29.8. The van der Waals surface area contributed by atoms with Gasteiger partial charge in [-0.05, 0) is 55.6 Å². The second kappa shape index (κ2) is 4.13. The summed E-state index contributed by atoms with van der Waals surface area (Å²) in [6.07, 6.45) is 8.10. The molecule has 3 heteroatoms. The van der Waals surface area contributed by atoms with Crippen LogP contribution < -0.4 is 5.32 Å². The van der Waals surface area contributed by atoms with Crippen LogP contribution in [0.2, 0.25) is 0 Å². The van der Waals surface area contributed by atoms with Gasteiger partial charge in [-0.2, -0.15) is 0 Å². The third kappa shape index (κ3) is 2.33. The summed E-state index contributed by atoms with van der Waals surface area (Å²) in [4.78, 5) is 15.9. The second-order valence-corrected chi connectivity index (χ2v) is 5.54. The van der Waals surface area contributed by atoms with Gasteiger partial charge in [-0.15, -0.1) is 0 Å². The van der Waals surface area contributed by atoms with Crippen LogP contribution in [-0.2, 0) is 4.79 Å². The second-order valence-electron chi connectivity index (χ2n) is 5.54. The first kappa shape index (κ1) is 10.8. The van der Waals surface area contributed by atoms with Crippen LogP contribution in [0.4, 0.5) is 5.69 Å². The van der Waals surface area contributed by atoms with E-state index in [2.05, 4.69) is 10.3 Å². The van der Waals surface area contributed by atoms with Crippen molar-refractivity contribution in [3.8, 4) is 0 Å².